The number of unbranched alkanes of at least 4 members (excludes halogenated alkanes) is 14. The van der Waals surface area contributed by atoms with E-state index in [4.69, 9.17) is 15.2 Å². The third-order valence-corrected chi connectivity index (χ3v) is 14.7. The summed E-state index contributed by atoms with van der Waals surface area (Å²) in [5, 5.41) is 58.0. The maximum atomic E-state index is 14.1. The molecule has 31 heteroatoms. The lowest BCUT2D eigenvalue weighted by molar-refractivity contribution is -0.142. The second-order valence-corrected chi connectivity index (χ2v) is 22.0. The zero-order valence-electron chi connectivity index (χ0n) is 50.9. The van der Waals surface area contributed by atoms with Crippen molar-refractivity contribution in [3.05, 3.63) is 24.0 Å². The molecule has 3 heterocycles. The average Bonchev–Trinajstić information content (AvgIpc) is 4.42. The average molecular weight is 1250 g/mol. The van der Waals surface area contributed by atoms with E-state index in [2.05, 4.69) is 62.5 Å². The Morgan fingerprint density at radius 3 is 1.82 bits per heavy atom. The van der Waals surface area contributed by atoms with Crippen molar-refractivity contribution in [1.82, 2.24) is 72.3 Å². The number of aryl methyl sites for hydroxylation is 1. The number of hydrogen-bond donors (Lipinski definition) is 12. The monoisotopic (exact) mass is 1250 g/mol. The SMILES string of the molecule is CC(=O)N1CCC[C@H]1C(=O)N[C@@H](Cc1cnc[nH]1)C(=O)N[C@@H](CCC(=O)O)C(=O)N[C@@H](CCCCN(CC(=O)O)CC(=O)O)C(=O)N[C@@H](CCCCNC(=O)COCCOCCNC(=O)CCCCCCCCCCCCCCCc1nn[nH]n1)C(N)=O. The Labute approximate surface area is 513 Å². The highest BCUT2D eigenvalue weighted by Gasteiger charge is 2.36. The molecule has 0 bridgehead atoms. The first-order valence-electron chi connectivity index (χ1n) is 30.9. The number of likely N-dealkylation sites (tertiary alicyclic amines) is 1. The largest absolute Gasteiger partial charge is 0.481 e. The van der Waals surface area contributed by atoms with Crippen molar-refractivity contribution in [2.45, 2.75) is 204 Å². The minimum atomic E-state index is -1.61. The molecule has 494 valence electrons. The van der Waals surface area contributed by atoms with Crippen LogP contribution in [-0.4, -0.2) is 217 Å². The van der Waals surface area contributed by atoms with Gasteiger partial charge in [0.15, 0.2) is 5.82 Å². The number of aliphatic carboxylic acids is 3. The molecule has 0 radical (unpaired) electrons. The molecule has 1 saturated heterocycles. The topological polar surface area (TPSA) is 455 Å². The quantitative estimate of drug-likeness (QED) is 0.0402. The minimum absolute atomic E-state index is 0.00552. The molecule has 88 heavy (non-hydrogen) atoms. The van der Waals surface area contributed by atoms with Crippen molar-refractivity contribution in [2.24, 2.45) is 5.73 Å². The molecule has 2 aromatic heterocycles. The van der Waals surface area contributed by atoms with Gasteiger partial charge in [-0.15, -0.1) is 10.2 Å². The fourth-order valence-corrected chi connectivity index (χ4v) is 9.99. The van der Waals surface area contributed by atoms with Gasteiger partial charge >= 0.3 is 17.9 Å². The van der Waals surface area contributed by atoms with Gasteiger partial charge in [-0.05, 0) is 77.2 Å². The van der Waals surface area contributed by atoms with Crippen molar-refractivity contribution in [3.8, 4) is 0 Å². The minimum Gasteiger partial charge on any atom is -0.481 e. The summed E-state index contributed by atoms with van der Waals surface area (Å²) < 4.78 is 10.9. The predicted molar refractivity (Wildman–Crippen MR) is 316 cm³/mol. The van der Waals surface area contributed by atoms with Crippen molar-refractivity contribution < 1.29 is 77.5 Å². The Balaban J connectivity index is 1.40. The molecule has 0 unspecified atom stereocenters. The van der Waals surface area contributed by atoms with Crippen LogP contribution in [0.15, 0.2) is 12.5 Å². The Hall–Kier alpha value is -7.67. The van der Waals surface area contributed by atoms with E-state index >= 15 is 0 Å². The van der Waals surface area contributed by atoms with Crippen LogP contribution in [0.1, 0.15) is 173 Å². The normalized spacial score (nSPS) is 14.3. The van der Waals surface area contributed by atoms with Gasteiger partial charge in [0.05, 0.1) is 39.2 Å². The first-order chi connectivity index (χ1) is 42.3. The van der Waals surface area contributed by atoms with Crippen LogP contribution < -0.4 is 37.6 Å². The molecule has 1 aliphatic heterocycles. The first-order valence-corrected chi connectivity index (χ1v) is 30.9. The molecule has 0 aliphatic carbocycles. The number of nitrogens with two attached hydrogens (primary N) is 1. The molecule has 2 aromatic rings. The van der Waals surface area contributed by atoms with E-state index in [1.54, 1.807) is 0 Å². The molecule has 3 rings (SSSR count). The van der Waals surface area contributed by atoms with Gasteiger partial charge in [0.2, 0.25) is 47.3 Å². The standard InChI is InChI=1S/C57H95N15O16/c1-40(73)72-30-19-22-46(72)57(86)66-45(34-41-35-59-39-62-41)56(85)65-44(25-26-50(76)77)55(84)64-43(21-16-18-29-71(36-51(78)79)37-52(80)81)54(83)63-42(53(58)82)20-15-17-27-60-49(75)38-88-33-32-87-31-28-61-48(74)24-14-12-10-8-6-4-2-3-5-7-9-11-13-23-47-67-69-70-68-47/h35,39,42-46H,2-34,36-38H2,1H3,(H2,58,82)(H,59,62)(H,60,75)(H,61,74)(H,63,83)(H,64,84)(H,65,85)(H,66,86)(H,76,77)(H,78,79)(H,80,81)(H,67,68,69,70)/t42-,43-,44-,45-,46-/m0/s1. The number of aromatic amines is 2. The van der Waals surface area contributed by atoms with Crippen LogP contribution in [0.4, 0.5) is 0 Å². The van der Waals surface area contributed by atoms with E-state index in [9.17, 15) is 68.1 Å². The second-order valence-electron chi connectivity index (χ2n) is 22.0. The number of hydrogen-bond acceptors (Lipinski definition) is 18. The molecular weight excluding hydrogens is 1150 g/mol. The molecule has 5 atom stereocenters. The number of tetrazole rings is 1. The third-order valence-electron chi connectivity index (χ3n) is 14.7. The van der Waals surface area contributed by atoms with Crippen LogP contribution in [-0.2, 0) is 75.1 Å². The van der Waals surface area contributed by atoms with Crippen molar-refractivity contribution in [3.63, 3.8) is 0 Å². The van der Waals surface area contributed by atoms with E-state index < -0.39 is 109 Å². The first kappa shape index (κ1) is 74.6. The molecule has 31 nitrogen and oxygen atoms in total. The third kappa shape index (κ3) is 34.0. The van der Waals surface area contributed by atoms with Gasteiger partial charge in [-0.3, -0.25) is 57.6 Å². The summed E-state index contributed by atoms with van der Waals surface area (Å²) in [7, 11) is 0. The second kappa shape index (κ2) is 44.7. The number of primary amides is 1. The Bertz CT molecular complexity index is 2400. The molecule has 1 aliphatic rings. The molecule has 0 saturated carbocycles. The number of imidazole rings is 1. The fourth-order valence-electron chi connectivity index (χ4n) is 9.99. The smallest absolute Gasteiger partial charge is 0.317 e. The van der Waals surface area contributed by atoms with Gasteiger partial charge in [0, 0.05) is 64.1 Å². The summed E-state index contributed by atoms with van der Waals surface area (Å²) in [4.78, 5) is 149. The number of H-pyrrole nitrogens is 2. The summed E-state index contributed by atoms with van der Waals surface area (Å²) in [5.41, 5.74) is 6.10. The van der Waals surface area contributed by atoms with E-state index in [-0.39, 0.29) is 89.9 Å². The lowest BCUT2D eigenvalue weighted by atomic mass is 10.0. The van der Waals surface area contributed by atoms with Gasteiger partial charge in [0.1, 0.15) is 36.8 Å². The highest BCUT2D eigenvalue weighted by Crippen LogP contribution is 2.19. The molecule has 8 amide bonds. The molecule has 0 aromatic carbocycles. The predicted octanol–water partition coefficient (Wildman–Crippen LogP) is 0.547. The van der Waals surface area contributed by atoms with E-state index in [0.717, 1.165) is 42.8 Å². The Morgan fingerprint density at radius 2 is 1.23 bits per heavy atom. The number of rotatable bonds is 52. The van der Waals surface area contributed by atoms with E-state index in [0.29, 0.717) is 44.5 Å². The molecule has 1 fully saturated rings. The Morgan fingerprint density at radius 1 is 0.648 bits per heavy atom. The van der Waals surface area contributed by atoms with Gasteiger partial charge < -0.3 is 72.3 Å². The highest BCUT2D eigenvalue weighted by atomic mass is 16.5. The number of carbonyl (C=O) groups excluding carboxylic acids is 8. The number of ether oxygens (including phenoxy) is 2. The number of carboxylic acids is 3. The lowest BCUT2D eigenvalue weighted by Crippen LogP contribution is -2.59. The van der Waals surface area contributed by atoms with Gasteiger partial charge in [-0.2, -0.15) is 5.21 Å². The van der Waals surface area contributed by atoms with E-state index in [1.807, 2.05) is 0 Å². The van der Waals surface area contributed by atoms with Crippen molar-refractivity contribution >= 4 is 65.2 Å². The maximum Gasteiger partial charge on any atom is 0.317 e. The zero-order valence-corrected chi connectivity index (χ0v) is 50.9. The van der Waals surface area contributed by atoms with Crippen LogP contribution in [0.5, 0.6) is 0 Å². The van der Waals surface area contributed by atoms with Gasteiger partial charge in [-0.1, -0.05) is 75.8 Å². The fraction of sp³-hybridized carbons (Fsp3) is 0.737. The van der Waals surface area contributed by atoms with Crippen LogP contribution in [0.25, 0.3) is 0 Å². The lowest BCUT2D eigenvalue weighted by Gasteiger charge is -2.28. The van der Waals surface area contributed by atoms with Crippen LogP contribution >= 0.6 is 0 Å². The van der Waals surface area contributed by atoms with Crippen molar-refractivity contribution in [1.29, 1.82) is 0 Å². The van der Waals surface area contributed by atoms with Crippen LogP contribution in [0.2, 0.25) is 0 Å². The maximum absolute atomic E-state index is 14.1. The number of nitrogens with one attached hydrogen (secondary N) is 8. The van der Waals surface area contributed by atoms with Crippen LogP contribution in [0, 0.1) is 0 Å². The van der Waals surface area contributed by atoms with E-state index in [1.165, 1.54) is 82.1 Å². The summed E-state index contributed by atoms with van der Waals surface area (Å²) >= 11 is 0. The number of aromatic nitrogens is 6. The number of carboxylic acid groups (broad SMARTS) is 3. The summed E-state index contributed by atoms with van der Waals surface area (Å²) in [6.45, 7) is 1.33. The molecule has 0 spiro atoms. The Kier molecular flexibility index (Phi) is 37.9. The zero-order chi connectivity index (χ0) is 64.3. The summed E-state index contributed by atoms with van der Waals surface area (Å²) in [6, 6.07) is -6.59. The van der Waals surface area contributed by atoms with Gasteiger partial charge in [-0.25, -0.2) is 4.98 Å². The summed E-state index contributed by atoms with van der Waals surface area (Å²) in [5.74, 6) is -8.25. The summed E-state index contributed by atoms with van der Waals surface area (Å²) in [6.07, 6.45) is 19.7. The molecular formula is C57H95N15O16. The number of amides is 8. The van der Waals surface area contributed by atoms with Crippen LogP contribution in [0.3, 0.4) is 0 Å². The van der Waals surface area contributed by atoms with Crippen molar-refractivity contribution in [2.75, 3.05) is 65.7 Å². The number of nitrogens with zero attached hydrogens (tertiary/aromatic N) is 6. The number of carbonyl (C=O) groups is 11. The highest BCUT2D eigenvalue weighted by molar-refractivity contribution is 5.96. The molecule has 13 N–H and O–H groups in total. The van der Waals surface area contributed by atoms with Gasteiger partial charge in [0.25, 0.3) is 0 Å².